The van der Waals surface area contributed by atoms with Gasteiger partial charge in [-0.25, -0.2) is 0 Å². The minimum absolute atomic E-state index is 0.0296. The standard InChI is InChI=1S/C24H16ClN3O4/c25-18-9-2-4-11-20(18)27-23(26-19-10-3-1-8-17(19)24(27)29)22-13-12-21(32-22)15-6-5-7-16(14-15)28(30)31/h1-14,23,26H/t23-/m0/s1. The maximum atomic E-state index is 13.5. The number of hydrogen-bond donors (Lipinski definition) is 1. The summed E-state index contributed by atoms with van der Waals surface area (Å²) < 4.78 is 6.08. The molecule has 3 aromatic carbocycles. The van der Waals surface area contributed by atoms with Gasteiger partial charge in [0, 0.05) is 23.4 Å². The summed E-state index contributed by atoms with van der Waals surface area (Å²) in [5.74, 6) is 0.705. The Labute approximate surface area is 188 Å². The Morgan fingerprint density at radius 3 is 2.56 bits per heavy atom. The van der Waals surface area contributed by atoms with Gasteiger partial charge in [-0.15, -0.1) is 0 Å². The van der Waals surface area contributed by atoms with Gasteiger partial charge in [-0.2, -0.15) is 0 Å². The third kappa shape index (κ3) is 3.38. The van der Waals surface area contributed by atoms with Crippen molar-refractivity contribution in [1.29, 1.82) is 0 Å². The number of non-ortho nitro benzene ring substituents is 1. The van der Waals surface area contributed by atoms with Crippen molar-refractivity contribution >= 4 is 34.6 Å². The number of nitrogens with one attached hydrogen (secondary N) is 1. The Kier molecular flexibility index (Phi) is 4.88. The lowest BCUT2D eigenvalue weighted by molar-refractivity contribution is -0.384. The lowest BCUT2D eigenvalue weighted by atomic mass is 10.1. The average molecular weight is 446 g/mol. The SMILES string of the molecule is O=C1c2ccccc2N[C@H](c2ccc(-c3cccc([N+](=O)[O-])c3)o2)N1c1ccccc1Cl. The lowest BCUT2D eigenvalue weighted by Gasteiger charge is -2.37. The van der Waals surface area contributed by atoms with Gasteiger partial charge in [0.2, 0.25) is 0 Å². The third-order valence-corrected chi connectivity index (χ3v) is 5.60. The number of amides is 1. The van der Waals surface area contributed by atoms with E-state index in [1.807, 2.05) is 18.2 Å². The molecule has 158 valence electrons. The zero-order valence-corrected chi connectivity index (χ0v) is 17.3. The molecule has 32 heavy (non-hydrogen) atoms. The highest BCUT2D eigenvalue weighted by molar-refractivity contribution is 6.34. The Morgan fingerprint density at radius 2 is 1.75 bits per heavy atom. The van der Waals surface area contributed by atoms with Crippen molar-refractivity contribution in [3.63, 3.8) is 0 Å². The van der Waals surface area contributed by atoms with Crippen LogP contribution in [-0.2, 0) is 0 Å². The lowest BCUT2D eigenvalue weighted by Crippen LogP contribution is -2.43. The van der Waals surface area contributed by atoms with Gasteiger partial charge in [-0.3, -0.25) is 19.8 Å². The summed E-state index contributed by atoms with van der Waals surface area (Å²) in [5.41, 5.74) is 2.28. The third-order valence-electron chi connectivity index (χ3n) is 5.28. The molecule has 1 amide bonds. The van der Waals surface area contributed by atoms with Crippen LogP contribution in [0.5, 0.6) is 0 Å². The van der Waals surface area contributed by atoms with Crippen LogP contribution >= 0.6 is 11.6 Å². The van der Waals surface area contributed by atoms with Crippen LogP contribution in [0, 0.1) is 10.1 Å². The van der Waals surface area contributed by atoms with E-state index in [4.69, 9.17) is 16.0 Å². The molecule has 0 saturated carbocycles. The molecule has 1 atom stereocenters. The summed E-state index contributed by atoms with van der Waals surface area (Å²) >= 11 is 6.43. The minimum atomic E-state index is -0.662. The maximum Gasteiger partial charge on any atom is 0.270 e. The molecule has 5 rings (SSSR count). The van der Waals surface area contributed by atoms with Gasteiger partial charge in [0.15, 0.2) is 6.17 Å². The monoisotopic (exact) mass is 445 g/mol. The quantitative estimate of drug-likeness (QED) is 0.295. The van der Waals surface area contributed by atoms with Crippen molar-refractivity contribution in [2.75, 3.05) is 10.2 Å². The van der Waals surface area contributed by atoms with Crippen molar-refractivity contribution in [3.05, 3.63) is 111 Å². The van der Waals surface area contributed by atoms with E-state index in [1.54, 1.807) is 59.5 Å². The molecule has 7 nitrogen and oxygen atoms in total. The molecule has 1 N–H and O–H groups in total. The number of hydrogen-bond acceptors (Lipinski definition) is 5. The van der Waals surface area contributed by atoms with Crippen LogP contribution in [0.3, 0.4) is 0 Å². The van der Waals surface area contributed by atoms with Crippen LogP contribution in [0.15, 0.2) is 89.3 Å². The Morgan fingerprint density at radius 1 is 0.969 bits per heavy atom. The number of anilines is 2. The number of benzene rings is 3. The molecule has 2 heterocycles. The van der Waals surface area contributed by atoms with E-state index in [0.717, 1.165) is 0 Å². The molecule has 0 bridgehead atoms. The molecule has 0 fully saturated rings. The number of rotatable bonds is 4. The first kappa shape index (κ1) is 19.8. The molecule has 0 radical (unpaired) electrons. The molecule has 0 aliphatic carbocycles. The number of fused-ring (bicyclic) bond motifs is 1. The van der Waals surface area contributed by atoms with Crippen LogP contribution in [0.25, 0.3) is 11.3 Å². The molecule has 0 unspecified atom stereocenters. The Hall–Kier alpha value is -4.10. The van der Waals surface area contributed by atoms with E-state index in [2.05, 4.69) is 5.32 Å². The first-order valence-electron chi connectivity index (χ1n) is 9.81. The van der Waals surface area contributed by atoms with Crippen LogP contribution in [0.1, 0.15) is 22.3 Å². The van der Waals surface area contributed by atoms with E-state index in [-0.39, 0.29) is 11.6 Å². The fourth-order valence-electron chi connectivity index (χ4n) is 3.78. The molecule has 8 heteroatoms. The van der Waals surface area contributed by atoms with Crippen LogP contribution in [0.4, 0.5) is 17.1 Å². The van der Waals surface area contributed by atoms with Crippen molar-refractivity contribution in [2.45, 2.75) is 6.17 Å². The van der Waals surface area contributed by atoms with Crippen molar-refractivity contribution in [3.8, 4) is 11.3 Å². The topological polar surface area (TPSA) is 88.6 Å². The highest BCUT2D eigenvalue weighted by Crippen LogP contribution is 2.40. The molecule has 1 aliphatic rings. The van der Waals surface area contributed by atoms with Crippen LogP contribution in [0.2, 0.25) is 5.02 Å². The zero-order valence-electron chi connectivity index (χ0n) is 16.6. The van der Waals surface area contributed by atoms with Gasteiger partial charge in [0.1, 0.15) is 11.5 Å². The summed E-state index contributed by atoms with van der Waals surface area (Å²) in [4.78, 5) is 25.7. The van der Waals surface area contributed by atoms with Crippen LogP contribution < -0.4 is 10.2 Å². The maximum absolute atomic E-state index is 13.5. The van der Waals surface area contributed by atoms with Gasteiger partial charge in [0.05, 0.1) is 21.2 Å². The predicted molar refractivity (Wildman–Crippen MR) is 122 cm³/mol. The van der Waals surface area contributed by atoms with E-state index >= 15 is 0 Å². The molecule has 1 aromatic heterocycles. The Bertz CT molecular complexity index is 1350. The first-order valence-corrected chi connectivity index (χ1v) is 10.2. The number of carbonyl (C=O) groups excluding carboxylic acids is 1. The van der Waals surface area contributed by atoms with E-state index in [0.29, 0.717) is 39.0 Å². The summed E-state index contributed by atoms with van der Waals surface area (Å²) in [7, 11) is 0. The summed E-state index contributed by atoms with van der Waals surface area (Å²) in [6, 6.07) is 24.0. The summed E-state index contributed by atoms with van der Waals surface area (Å²) in [5, 5.41) is 14.9. The van der Waals surface area contributed by atoms with Crippen molar-refractivity contribution in [1.82, 2.24) is 0 Å². The predicted octanol–water partition coefficient (Wildman–Crippen LogP) is 6.28. The minimum Gasteiger partial charge on any atom is -0.457 e. The summed E-state index contributed by atoms with van der Waals surface area (Å²) in [6.45, 7) is 0. The number of nitro benzene ring substituents is 1. The number of nitrogens with zero attached hydrogens (tertiary/aromatic N) is 2. The average Bonchev–Trinajstić information content (AvgIpc) is 3.30. The van der Waals surface area contributed by atoms with Crippen LogP contribution in [-0.4, -0.2) is 10.8 Å². The highest BCUT2D eigenvalue weighted by Gasteiger charge is 2.36. The van der Waals surface area contributed by atoms with Gasteiger partial charge in [0.25, 0.3) is 11.6 Å². The summed E-state index contributed by atoms with van der Waals surface area (Å²) in [6.07, 6.45) is -0.662. The van der Waals surface area contributed by atoms with E-state index in [1.165, 1.54) is 12.1 Å². The van der Waals surface area contributed by atoms with Gasteiger partial charge < -0.3 is 9.73 Å². The second kappa shape index (κ2) is 7.86. The van der Waals surface area contributed by atoms with Crippen molar-refractivity contribution in [2.24, 2.45) is 0 Å². The second-order valence-electron chi connectivity index (χ2n) is 7.23. The van der Waals surface area contributed by atoms with Gasteiger partial charge in [-0.05, 0) is 36.4 Å². The number of nitro groups is 1. The zero-order chi connectivity index (χ0) is 22.2. The smallest absolute Gasteiger partial charge is 0.270 e. The molecular formula is C24H16ClN3O4. The first-order chi connectivity index (χ1) is 15.5. The van der Waals surface area contributed by atoms with Gasteiger partial charge >= 0.3 is 0 Å². The van der Waals surface area contributed by atoms with E-state index < -0.39 is 11.1 Å². The Balaban J connectivity index is 1.60. The van der Waals surface area contributed by atoms with Crippen molar-refractivity contribution < 1.29 is 14.1 Å². The molecule has 0 saturated heterocycles. The normalized spacial score (nSPS) is 15.2. The number of halogens is 1. The molecule has 4 aromatic rings. The highest BCUT2D eigenvalue weighted by atomic mass is 35.5. The van der Waals surface area contributed by atoms with Gasteiger partial charge in [-0.1, -0.05) is 48.0 Å². The number of para-hydroxylation sites is 2. The largest absolute Gasteiger partial charge is 0.457 e. The fraction of sp³-hybridized carbons (Fsp3) is 0.0417. The fourth-order valence-corrected chi connectivity index (χ4v) is 4.00. The number of furan rings is 1. The van der Waals surface area contributed by atoms with E-state index in [9.17, 15) is 14.9 Å². The molecule has 1 aliphatic heterocycles. The number of carbonyl (C=O) groups is 1. The second-order valence-corrected chi connectivity index (χ2v) is 7.64. The molecule has 0 spiro atoms. The molecular weight excluding hydrogens is 430 g/mol.